The van der Waals surface area contributed by atoms with E-state index in [1.807, 2.05) is 12.1 Å². The van der Waals surface area contributed by atoms with Gasteiger partial charge in [-0.1, -0.05) is 26.0 Å². The zero-order valence-electron chi connectivity index (χ0n) is 20.6. The van der Waals surface area contributed by atoms with Crippen LogP contribution in [0.5, 0.6) is 5.75 Å². The van der Waals surface area contributed by atoms with Gasteiger partial charge >= 0.3 is 5.69 Å². The third-order valence-corrected chi connectivity index (χ3v) is 6.46. The summed E-state index contributed by atoms with van der Waals surface area (Å²) in [6.07, 6.45) is 3.86. The Bertz CT molecular complexity index is 1270. The molecule has 2 aromatic rings. The molecule has 2 atom stereocenters. The SMILES string of the molecule is COC1=N[C@@H](Cc2ccc(-c3cn(C)c(=O)n(C)c3=O)c3c2CCCO3)C(OC)=NC1C(C)C. The Balaban J connectivity index is 1.78. The number of nitrogens with zero attached hydrogens (tertiary/aromatic N) is 4. The molecule has 9 heteroatoms. The van der Waals surface area contributed by atoms with E-state index in [1.165, 1.54) is 11.6 Å². The second-order valence-electron chi connectivity index (χ2n) is 9.08. The van der Waals surface area contributed by atoms with Crippen LogP contribution >= 0.6 is 0 Å². The van der Waals surface area contributed by atoms with Gasteiger partial charge in [0, 0.05) is 32.3 Å². The minimum absolute atomic E-state index is 0.170. The maximum atomic E-state index is 12.9. The largest absolute Gasteiger partial charge is 0.493 e. The van der Waals surface area contributed by atoms with Crippen LogP contribution in [0.3, 0.4) is 0 Å². The van der Waals surface area contributed by atoms with E-state index in [2.05, 4.69) is 13.8 Å². The molecule has 2 aliphatic heterocycles. The highest BCUT2D eigenvalue weighted by molar-refractivity contribution is 5.94. The van der Waals surface area contributed by atoms with Gasteiger partial charge in [-0.15, -0.1) is 0 Å². The zero-order valence-corrected chi connectivity index (χ0v) is 20.6. The van der Waals surface area contributed by atoms with Crippen molar-refractivity contribution in [3.05, 3.63) is 50.3 Å². The average Bonchev–Trinajstić information content (AvgIpc) is 2.84. The molecule has 0 aliphatic carbocycles. The second kappa shape index (κ2) is 9.48. The van der Waals surface area contributed by atoms with E-state index in [0.717, 1.165) is 28.5 Å². The first-order chi connectivity index (χ1) is 16.3. The van der Waals surface area contributed by atoms with Gasteiger partial charge in [0.2, 0.25) is 11.8 Å². The molecule has 34 heavy (non-hydrogen) atoms. The van der Waals surface area contributed by atoms with Crippen molar-refractivity contribution < 1.29 is 14.2 Å². The van der Waals surface area contributed by atoms with Crippen LogP contribution in [0.4, 0.5) is 0 Å². The second-order valence-corrected chi connectivity index (χ2v) is 9.08. The van der Waals surface area contributed by atoms with Crippen LogP contribution in [-0.4, -0.2) is 53.8 Å². The number of hydrogen-bond donors (Lipinski definition) is 0. The van der Waals surface area contributed by atoms with Crippen LogP contribution in [0.25, 0.3) is 11.1 Å². The molecule has 0 spiro atoms. The van der Waals surface area contributed by atoms with Crippen molar-refractivity contribution >= 4 is 11.8 Å². The van der Waals surface area contributed by atoms with E-state index in [4.69, 9.17) is 24.2 Å². The summed E-state index contributed by atoms with van der Waals surface area (Å²) < 4.78 is 19.8. The minimum Gasteiger partial charge on any atom is -0.493 e. The average molecular weight is 469 g/mol. The molecular weight excluding hydrogens is 436 g/mol. The van der Waals surface area contributed by atoms with Crippen LogP contribution in [0.1, 0.15) is 31.4 Å². The molecule has 0 saturated heterocycles. The molecule has 2 aliphatic rings. The van der Waals surface area contributed by atoms with Crippen LogP contribution in [-0.2, 0) is 36.4 Å². The highest BCUT2D eigenvalue weighted by atomic mass is 16.5. The predicted octanol–water partition coefficient (Wildman–Crippen LogP) is 2.12. The first-order valence-corrected chi connectivity index (χ1v) is 11.5. The smallest absolute Gasteiger partial charge is 0.330 e. The molecule has 3 heterocycles. The number of hydrogen-bond acceptors (Lipinski definition) is 7. The van der Waals surface area contributed by atoms with Crippen LogP contribution in [0.2, 0.25) is 0 Å². The van der Waals surface area contributed by atoms with Crippen molar-refractivity contribution in [2.24, 2.45) is 30.0 Å². The third-order valence-electron chi connectivity index (χ3n) is 6.46. The summed E-state index contributed by atoms with van der Waals surface area (Å²) in [6, 6.07) is 3.43. The Hall–Kier alpha value is -3.36. The topological polar surface area (TPSA) is 96.4 Å². The maximum absolute atomic E-state index is 12.9. The monoisotopic (exact) mass is 468 g/mol. The summed E-state index contributed by atoms with van der Waals surface area (Å²) in [7, 11) is 6.36. The van der Waals surface area contributed by atoms with E-state index in [0.29, 0.717) is 41.7 Å². The van der Waals surface area contributed by atoms with Gasteiger partial charge in [-0.05, 0) is 29.9 Å². The third kappa shape index (κ3) is 4.15. The van der Waals surface area contributed by atoms with E-state index in [1.54, 1.807) is 27.5 Å². The van der Waals surface area contributed by atoms with Crippen molar-refractivity contribution in [3.8, 4) is 16.9 Å². The number of methoxy groups -OCH3 is 2. The van der Waals surface area contributed by atoms with Crippen LogP contribution in [0.15, 0.2) is 37.9 Å². The van der Waals surface area contributed by atoms with Gasteiger partial charge in [0.1, 0.15) is 17.8 Å². The molecule has 0 fully saturated rings. The lowest BCUT2D eigenvalue weighted by Gasteiger charge is -2.28. The van der Waals surface area contributed by atoms with Crippen molar-refractivity contribution in [2.75, 3.05) is 20.8 Å². The predicted molar refractivity (Wildman–Crippen MR) is 131 cm³/mol. The molecule has 1 aromatic heterocycles. The minimum atomic E-state index is -0.365. The number of benzene rings is 1. The van der Waals surface area contributed by atoms with Gasteiger partial charge in [-0.3, -0.25) is 9.36 Å². The highest BCUT2D eigenvalue weighted by Crippen LogP contribution is 2.38. The lowest BCUT2D eigenvalue weighted by molar-refractivity contribution is 0.288. The summed E-state index contributed by atoms with van der Waals surface area (Å²) in [4.78, 5) is 34.7. The van der Waals surface area contributed by atoms with E-state index in [-0.39, 0.29) is 29.3 Å². The Morgan fingerprint density at radius 2 is 1.82 bits per heavy atom. The first kappa shape index (κ1) is 23.8. The highest BCUT2D eigenvalue weighted by Gasteiger charge is 2.32. The summed E-state index contributed by atoms with van der Waals surface area (Å²) >= 11 is 0. The molecule has 4 rings (SSSR count). The number of aliphatic imine (C=N–C) groups is 2. The maximum Gasteiger partial charge on any atom is 0.330 e. The number of rotatable bonds is 4. The number of aromatic nitrogens is 2. The molecule has 1 unspecified atom stereocenters. The van der Waals surface area contributed by atoms with Gasteiger partial charge < -0.3 is 18.8 Å². The zero-order chi connectivity index (χ0) is 24.6. The lowest BCUT2D eigenvalue weighted by Crippen LogP contribution is -2.38. The molecule has 0 saturated carbocycles. The van der Waals surface area contributed by atoms with Crippen molar-refractivity contribution in [1.29, 1.82) is 0 Å². The molecule has 1 aromatic carbocycles. The fraction of sp³-hybridized carbons (Fsp3) is 0.520. The molecule has 0 amide bonds. The van der Waals surface area contributed by atoms with Crippen LogP contribution < -0.4 is 16.0 Å². The van der Waals surface area contributed by atoms with Gasteiger partial charge in [0.05, 0.1) is 26.4 Å². The normalized spacial score (nSPS) is 19.7. The number of ether oxygens (including phenoxy) is 3. The van der Waals surface area contributed by atoms with Gasteiger partial charge in [0.25, 0.3) is 5.56 Å². The Labute approximate surface area is 198 Å². The van der Waals surface area contributed by atoms with E-state index >= 15 is 0 Å². The Morgan fingerprint density at radius 1 is 1.09 bits per heavy atom. The summed E-state index contributed by atoms with van der Waals surface area (Å²) in [5, 5.41) is 0. The van der Waals surface area contributed by atoms with Crippen LogP contribution in [0, 0.1) is 5.92 Å². The number of fused-ring (bicyclic) bond motifs is 1. The molecule has 0 N–H and O–H groups in total. The van der Waals surface area contributed by atoms with Gasteiger partial charge in [-0.25, -0.2) is 14.8 Å². The summed E-state index contributed by atoms with van der Waals surface area (Å²) in [6.45, 7) is 4.73. The Morgan fingerprint density at radius 3 is 2.50 bits per heavy atom. The fourth-order valence-electron chi connectivity index (χ4n) is 4.63. The number of aryl methyl sites for hydroxylation is 1. The molecular formula is C25H32N4O5. The molecule has 9 nitrogen and oxygen atoms in total. The molecule has 0 bridgehead atoms. The van der Waals surface area contributed by atoms with Gasteiger partial charge in [-0.2, -0.15) is 0 Å². The lowest BCUT2D eigenvalue weighted by atomic mass is 9.90. The van der Waals surface area contributed by atoms with Crippen molar-refractivity contribution in [2.45, 2.75) is 45.2 Å². The van der Waals surface area contributed by atoms with Crippen molar-refractivity contribution in [1.82, 2.24) is 9.13 Å². The first-order valence-electron chi connectivity index (χ1n) is 11.5. The van der Waals surface area contributed by atoms with Crippen molar-refractivity contribution in [3.63, 3.8) is 0 Å². The van der Waals surface area contributed by atoms with E-state index in [9.17, 15) is 9.59 Å². The standard InChI is InChI=1S/C25H32N4O5/c1-14(2)20-23(33-6)26-19(22(27-20)32-5)12-15-9-10-17(21-16(15)8-7-11-34-21)18-13-28(3)25(31)29(4)24(18)30/h9-10,13-14,19-20H,7-8,11-12H2,1-6H3/t19-,20?/m0/s1. The summed E-state index contributed by atoms with van der Waals surface area (Å²) in [5.41, 5.74) is 2.54. The summed E-state index contributed by atoms with van der Waals surface area (Å²) in [5.74, 6) is 2.12. The van der Waals surface area contributed by atoms with Gasteiger partial charge in [0.15, 0.2) is 0 Å². The Kier molecular flexibility index (Phi) is 6.63. The molecule has 0 radical (unpaired) electrons. The fourth-order valence-corrected chi connectivity index (χ4v) is 4.63. The van der Waals surface area contributed by atoms with E-state index < -0.39 is 0 Å². The molecule has 182 valence electrons. The quantitative estimate of drug-likeness (QED) is 0.685.